The fourth-order valence-corrected chi connectivity index (χ4v) is 2.88. The Morgan fingerprint density at radius 2 is 1.96 bits per heavy atom. The van der Waals surface area contributed by atoms with Gasteiger partial charge in [0, 0.05) is 17.1 Å². The Bertz CT molecular complexity index is 502. The Hall–Kier alpha value is -1.47. The molecular formula is C16H28N4O2S. The number of thiazole rings is 1. The van der Waals surface area contributed by atoms with E-state index in [4.69, 9.17) is 0 Å². The van der Waals surface area contributed by atoms with Crippen molar-refractivity contribution < 1.29 is 9.59 Å². The number of nitrogens with one attached hydrogen (secondary N) is 2. The highest BCUT2D eigenvalue weighted by atomic mass is 32.1. The summed E-state index contributed by atoms with van der Waals surface area (Å²) in [6, 6.07) is 0.298. The van der Waals surface area contributed by atoms with Gasteiger partial charge in [0.15, 0.2) is 0 Å². The summed E-state index contributed by atoms with van der Waals surface area (Å²) in [5.41, 5.74) is 5.84. The molecule has 0 aliphatic rings. The van der Waals surface area contributed by atoms with Crippen LogP contribution in [0.15, 0.2) is 5.38 Å². The molecule has 7 heteroatoms. The van der Waals surface area contributed by atoms with Crippen LogP contribution in [0.3, 0.4) is 0 Å². The van der Waals surface area contributed by atoms with E-state index in [1.807, 2.05) is 12.3 Å². The Labute approximate surface area is 142 Å². The van der Waals surface area contributed by atoms with Crippen LogP contribution in [-0.2, 0) is 16.0 Å². The molecule has 0 aliphatic carbocycles. The molecule has 0 aromatic carbocycles. The van der Waals surface area contributed by atoms with Gasteiger partial charge in [0.1, 0.15) is 5.01 Å². The zero-order valence-electron chi connectivity index (χ0n) is 14.5. The molecule has 0 bridgehead atoms. The lowest BCUT2D eigenvalue weighted by molar-refractivity contribution is -0.129. The van der Waals surface area contributed by atoms with Crippen molar-refractivity contribution in [2.45, 2.75) is 59.4 Å². The van der Waals surface area contributed by atoms with E-state index in [1.165, 1.54) is 11.3 Å². The second-order valence-electron chi connectivity index (χ2n) is 5.93. The number of amides is 2. The Kier molecular flexibility index (Phi) is 8.79. The topological polar surface area (TPSA) is 74.3 Å². The Morgan fingerprint density at radius 1 is 1.26 bits per heavy atom. The normalized spacial score (nSPS) is 11.0. The van der Waals surface area contributed by atoms with Crippen molar-refractivity contribution in [2.24, 2.45) is 0 Å². The van der Waals surface area contributed by atoms with Gasteiger partial charge in [-0.05, 0) is 33.7 Å². The van der Waals surface area contributed by atoms with Crippen LogP contribution in [0.2, 0.25) is 0 Å². The summed E-state index contributed by atoms with van der Waals surface area (Å²) < 4.78 is 0. The average Bonchev–Trinajstić information content (AvgIpc) is 2.89. The fraction of sp³-hybridized carbons (Fsp3) is 0.688. The number of nitrogens with zero attached hydrogens (tertiary/aromatic N) is 2. The van der Waals surface area contributed by atoms with E-state index in [-0.39, 0.29) is 24.8 Å². The minimum atomic E-state index is -0.255. The average molecular weight is 340 g/mol. The monoisotopic (exact) mass is 340 g/mol. The third kappa shape index (κ3) is 8.08. The number of aromatic nitrogens is 1. The summed E-state index contributed by atoms with van der Waals surface area (Å²) in [5.74, 6) is -0.450. The number of hydrazine groups is 1. The third-order valence-corrected chi connectivity index (χ3v) is 4.41. The SMILES string of the molecule is CCCCCN(CC(=O)NNC(=O)Cc1nc(C)cs1)C(C)C. The first-order chi connectivity index (χ1) is 10.9. The van der Waals surface area contributed by atoms with Crippen molar-refractivity contribution in [1.29, 1.82) is 0 Å². The molecule has 1 aromatic rings. The molecule has 130 valence electrons. The zero-order chi connectivity index (χ0) is 17.2. The van der Waals surface area contributed by atoms with Gasteiger partial charge in [-0.25, -0.2) is 4.98 Å². The van der Waals surface area contributed by atoms with Crippen molar-refractivity contribution >= 4 is 23.2 Å². The van der Waals surface area contributed by atoms with E-state index < -0.39 is 0 Å². The van der Waals surface area contributed by atoms with Crippen LogP contribution in [0, 0.1) is 6.92 Å². The van der Waals surface area contributed by atoms with Gasteiger partial charge >= 0.3 is 0 Å². The number of rotatable bonds is 9. The van der Waals surface area contributed by atoms with Crippen LogP contribution in [0.5, 0.6) is 0 Å². The summed E-state index contributed by atoms with van der Waals surface area (Å²) in [7, 11) is 0. The number of unbranched alkanes of at least 4 members (excludes halogenated alkanes) is 2. The van der Waals surface area contributed by atoms with E-state index in [2.05, 4.69) is 41.5 Å². The molecule has 1 heterocycles. The van der Waals surface area contributed by atoms with Gasteiger partial charge in [0.25, 0.3) is 5.91 Å². The van der Waals surface area contributed by atoms with E-state index in [0.717, 1.165) is 36.5 Å². The lowest BCUT2D eigenvalue weighted by atomic mass is 10.2. The number of aryl methyl sites for hydroxylation is 1. The van der Waals surface area contributed by atoms with Gasteiger partial charge in [0.05, 0.1) is 13.0 Å². The van der Waals surface area contributed by atoms with Gasteiger partial charge in [-0.2, -0.15) is 0 Å². The second kappa shape index (κ2) is 10.3. The largest absolute Gasteiger partial charge is 0.292 e. The number of hydrogen-bond acceptors (Lipinski definition) is 5. The van der Waals surface area contributed by atoms with E-state index >= 15 is 0 Å². The molecule has 2 amide bonds. The van der Waals surface area contributed by atoms with Crippen LogP contribution < -0.4 is 10.9 Å². The Morgan fingerprint density at radius 3 is 2.52 bits per heavy atom. The molecule has 0 atom stereocenters. The predicted molar refractivity (Wildman–Crippen MR) is 93.1 cm³/mol. The maximum absolute atomic E-state index is 12.0. The lowest BCUT2D eigenvalue weighted by Crippen LogP contribution is -2.48. The molecule has 0 aliphatic heterocycles. The van der Waals surface area contributed by atoms with Gasteiger partial charge in [-0.15, -0.1) is 11.3 Å². The second-order valence-corrected chi connectivity index (χ2v) is 6.87. The van der Waals surface area contributed by atoms with Crippen molar-refractivity contribution in [3.05, 3.63) is 16.1 Å². The number of hydrogen-bond donors (Lipinski definition) is 2. The summed E-state index contributed by atoms with van der Waals surface area (Å²) in [4.78, 5) is 30.1. The highest BCUT2D eigenvalue weighted by molar-refractivity contribution is 7.09. The maximum Gasteiger partial charge on any atom is 0.252 e. The van der Waals surface area contributed by atoms with Crippen molar-refractivity contribution in [3.63, 3.8) is 0 Å². The first-order valence-electron chi connectivity index (χ1n) is 8.15. The number of carbonyl (C=O) groups is 2. The lowest BCUT2D eigenvalue weighted by Gasteiger charge is -2.25. The zero-order valence-corrected chi connectivity index (χ0v) is 15.3. The Balaban J connectivity index is 2.32. The van der Waals surface area contributed by atoms with Crippen LogP contribution in [0.25, 0.3) is 0 Å². The molecule has 6 nitrogen and oxygen atoms in total. The molecule has 0 fully saturated rings. The minimum Gasteiger partial charge on any atom is -0.292 e. The first kappa shape index (κ1) is 19.6. The van der Waals surface area contributed by atoms with Crippen molar-refractivity contribution in [1.82, 2.24) is 20.7 Å². The smallest absolute Gasteiger partial charge is 0.252 e. The summed E-state index contributed by atoms with van der Waals surface area (Å²) in [6.45, 7) is 9.37. The van der Waals surface area contributed by atoms with Crippen LogP contribution in [0.4, 0.5) is 0 Å². The summed E-state index contributed by atoms with van der Waals surface area (Å²) >= 11 is 1.45. The van der Waals surface area contributed by atoms with Gasteiger partial charge in [-0.3, -0.25) is 25.3 Å². The molecule has 2 N–H and O–H groups in total. The molecule has 0 saturated carbocycles. The van der Waals surface area contributed by atoms with Crippen LogP contribution in [0.1, 0.15) is 50.7 Å². The van der Waals surface area contributed by atoms with Crippen molar-refractivity contribution in [3.8, 4) is 0 Å². The van der Waals surface area contributed by atoms with Crippen LogP contribution >= 0.6 is 11.3 Å². The quantitative estimate of drug-likeness (QED) is 0.533. The molecule has 23 heavy (non-hydrogen) atoms. The molecular weight excluding hydrogens is 312 g/mol. The standard InChI is InChI=1S/C16H28N4O2S/c1-5-6-7-8-20(12(2)3)10-15(22)19-18-14(21)9-16-17-13(4)11-23-16/h11-12H,5-10H2,1-4H3,(H,18,21)(H,19,22). The fourth-order valence-electron chi connectivity index (χ4n) is 2.11. The molecule has 0 saturated heterocycles. The highest BCUT2D eigenvalue weighted by Crippen LogP contribution is 2.08. The van der Waals surface area contributed by atoms with E-state index in [0.29, 0.717) is 6.04 Å². The summed E-state index contributed by atoms with van der Waals surface area (Å²) in [6.07, 6.45) is 3.58. The maximum atomic E-state index is 12.0. The van der Waals surface area contributed by atoms with Gasteiger partial charge < -0.3 is 0 Å². The minimum absolute atomic E-state index is 0.184. The molecule has 0 unspecified atom stereocenters. The molecule has 0 spiro atoms. The third-order valence-electron chi connectivity index (χ3n) is 3.45. The van der Waals surface area contributed by atoms with Crippen LogP contribution in [-0.4, -0.2) is 40.8 Å². The predicted octanol–water partition coefficient (Wildman–Crippen LogP) is 2.04. The molecule has 1 rings (SSSR count). The van der Waals surface area contributed by atoms with E-state index in [1.54, 1.807) is 0 Å². The molecule has 0 radical (unpaired) electrons. The van der Waals surface area contributed by atoms with Gasteiger partial charge in [0.2, 0.25) is 5.91 Å². The van der Waals surface area contributed by atoms with Gasteiger partial charge in [-0.1, -0.05) is 19.8 Å². The first-order valence-corrected chi connectivity index (χ1v) is 9.03. The summed E-state index contributed by atoms with van der Waals surface area (Å²) in [5, 5.41) is 2.65. The number of carbonyl (C=O) groups excluding carboxylic acids is 2. The highest BCUT2D eigenvalue weighted by Gasteiger charge is 2.14. The molecule has 1 aromatic heterocycles. The van der Waals surface area contributed by atoms with E-state index in [9.17, 15) is 9.59 Å². The van der Waals surface area contributed by atoms with Crippen molar-refractivity contribution in [2.75, 3.05) is 13.1 Å².